The number of methoxy groups -OCH3 is 1. The molecular weight excluding hydrogens is 447 g/mol. The van der Waals surface area contributed by atoms with Crippen LogP contribution < -0.4 is 4.74 Å². The molecule has 0 radical (unpaired) electrons. The normalized spacial score (nSPS) is 19.1. The molecule has 1 aromatic heterocycles. The topological polar surface area (TPSA) is 82.9 Å². The van der Waals surface area contributed by atoms with Crippen LogP contribution in [0.1, 0.15) is 36.5 Å². The summed E-state index contributed by atoms with van der Waals surface area (Å²) in [7, 11) is 1.60. The van der Waals surface area contributed by atoms with Crippen molar-refractivity contribution in [1.29, 1.82) is 0 Å². The number of hydrogen-bond acceptors (Lipinski definition) is 5. The van der Waals surface area contributed by atoms with Crippen LogP contribution >= 0.6 is 0 Å². The molecule has 3 atom stereocenters. The quantitative estimate of drug-likeness (QED) is 0.496. The van der Waals surface area contributed by atoms with Crippen molar-refractivity contribution in [3.05, 3.63) is 71.7 Å². The van der Waals surface area contributed by atoms with Crippen LogP contribution in [-0.4, -0.2) is 52.8 Å². The Morgan fingerprint density at radius 1 is 1.29 bits per heavy atom. The Labute approximate surface area is 204 Å². The summed E-state index contributed by atoms with van der Waals surface area (Å²) in [6, 6.07) is 13.5. The van der Waals surface area contributed by atoms with Gasteiger partial charge in [0.15, 0.2) is 0 Å². The fraction of sp³-hybridized carbons (Fsp3) is 0.357. The number of benzene rings is 2. The van der Waals surface area contributed by atoms with Gasteiger partial charge in [-0.25, -0.2) is 4.39 Å². The molecule has 0 unspecified atom stereocenters. The van der Waals surface area contributed by atoms with E-state index in [0.29, 0.717) is 37.2 Å². The highest BCUT2D eigenvalue weighted by molar-refractivity contribution is 5.83. The molecule has 6 nitrogen and oxygen atoms in total. The van der Waals surface area contributed by atoms with Gasteiger partial charge in [0.25, 0.3) is 0 Å². The summed E-state index contributed by atoms with van der Waals surface area (Å²) in [6.07, 6.45) is 2.74. The Hall–Kier alpha value is -3.47. The zero-order chi connectivity index (χ0) is 24.8. The molecule has 3 aromatic rings. The zero-order valence-electron chi connectivity index (χ0n) is 19.7. The van der Waals surface area contributed by atoms with Crippen molar-refractivity contribution in [2.24, 2.45) is 11.8 Å². The molecule has 0 spiro atoms. The van der Waals surface area contributed by atoms with E-state index in [1.54, 1.807) is 31.5 Å². The van der Waals surface area contributed by atoms with Gasteiger partial charge in [0.2, 0.25) is 0 Å². The number of carboxylic acid groups (broad SMARTS) is 1. The molecule has 2 N–H and O–H groups in total. The molecule has 1 fully saturated rings. The molecule has 4 rings (SSSR count). The lowest BCUT2D eigenvalue weighted by atomic mass is 9.81. The van der Waals surface area contributed by atoms with Crippen LogP contribution in [-0.2, 0) is 4.79 Å². The van der Waals surface area contributed by atoms with Crippen LogP contribution in [0.3, 0.4) is 0 Å². The highest BCUT2D eigenvalue weighted by Crippen LogP contribution is 2.33. The lowest BCUT2D eigenvalue weighted by Gasteiger charge is -2.36. The number of likely N-dealkylation sites (tertiary alicyclic amines) is 1. The molecule has 35 heavy (non-hydrogen) atoms. The first-order valence-corrected chi connectivity index (χ1v) is 11.7. The standard InChI is InChI=1S/C28H29FN2O4/c1-35-22-8-9-26-24(17-22)23(11-13-30-26)27(32)10-7-20-12-15-31(18-25(20)28(33)34)14-3-5-19-4-2-6-21(29)16-19/h2,4,6,8-9,11,13,16-17,20,25,27,32H,7,10,12,14-15,18H2,1H3,(H,33,34)/t20-,25+,27+/m1/s1. The first-order valence-electron chi connectivity index (χ1n) is 11.7. The number of aliphatic hydroxyl groups is 1. The summed E-state index contributed by atoms with van der Waals surface area (Å²) >= 11 is 0. The number of ether oxygens (including phenoxy) is 1. The van der Waals surface area contributed by atoms with Gasteiger partial charge in [0, 0.05) is 23.7 Å². The number of aromatic nitrogens is 1. The van der Waals surface area contributed by atoms with Crippen LogP contribution in [0, 0.1) is 29.5 Å². The third-order valence-corrected chi connectivity index (χ3v) is 6.67. The maximum absolute atomic E-state index is 13.3. The van der Waals surface area contributed by atoms with Crippen molar-refractivity contribution in [3.8, 4) is 17.6 Å². The predicted molar refractivity (Wildman–Crippen MR) is 131 cm³/mol. The van der Waals surface area contributed by atoms with Crippen molar-refractivity contribution in [2.75, 3.05) is 26.7 Å². The molecule has 0 aliphatic carbocycles. The van der Waals surface area contributed by atoms with Gasteiger partial charge in [-0.05, 0) is 79.8 Å². The minimum Gasteiger partial charge on any atom is -0.497 e. The number of aliphatic carboxylic acids is 1. The predicted octanol–water partition coefficient (Wildman–Crippen LogP) is 4.27. The highest BCUT2D eigenvalue weighted by atomic mass is 19.1. The fourth-order valence-corrected chi connectivity index (χ4v) is 4.75. The highest BCUT2D eigenvalue weighted by Gasteiger charge is 2.34. The van der Waals surface area contributed by atoms with Crippen molar-refractivity contribution in [1.82, 2.24) is 9.88 Å². The van der Waals surface area contributed by atoms with Gasteiger partial charge >= 0.3 is 5.97 Å². The van der Waals surface area contributed by atoms with Gasteiger partial charge in [-0.3, -0.25) is 14.7 Å². The molecular formula is C28H29FN2O4. The molecule has 0 amide bonds. The maximum Gasteiger partial charge on any atom is 0.308 e. The second-order valence-electron chi connectivity index (χ2n) is 8.92. The Bertz CT molecular complexity index is 1250. The summed E-state index contributed by atoms with van der Waals surface area (Å²) < 4.78 is 18.6. The number of halogens is 1. The molecule has 182 valence electrons. The molecule has 1 aliphatic heterocycles. The van der Waals surface area contributed by atoms with E-state index in [1.807, 2.05) is 23.1 Å². The molecule has 1 aliphatic rings. The maximum atomic E-state index is 13.3. The zero-order valence-corrected chi connectivity index (χ0v) is 19.7. The summed E-state index contributed by atoms with van der Waals surface area (Å²) in [5.74, 6) is 4.95. The second kappa shape index (κ2) is 11.3. The largest absolute Gasteiger partial charge is 0.497 e. The Morgan fingerprint density at radius 2 is 2.14 bits per heavy atom. The van der Waals surface area contributed by atoms with Crippen molar-refractivity contribution in [3.63, 3.8) is 0 Å². The minimum atomic E-state index is -0.827. The SMILES string of the molecule is COc1ccc2nccc([C@@H](O)CC[C@@H]3CCN(CC#Cc4cccc(F)c4)C[C@@H]3C(=O)O)c2c1. The summed E-state index contributed by atoms with van der Waals surface area (Å²) in [6.45, 7) is 1.57. The number of nitrogens with zero attached hydrogens (tertiary/aromatic N) is 2. The first kappa shape index (κ1) is 24.6. The average molecular weight is 477 g/mol. The van der Waals surface area contributed by atoms with E-state index in [2.05, 4.69) is 16.8 Å². The van der Waals surface area contributed by atoms with E-state index < -0.39 is 18.0 Å². The van der Waals surface area contributed by atoms with Gasteiger partial charge in [0.1, 0.15) is 11.6 Å². The van der Waals surface area contributed by atoms with Crippen LogP contribution in [0.25, 0.3) is 10.9 Å². The summed E-state index contributed by atoms with van der Waals surface area (Å²) in [4.78, 5) is 18.4. The number of fused-ring (bicyclic) bond motifs is 1. The van der Waals surface area contributed by atoms with Crippen LogP contribution in [0.4, 0.5) is 4.39 Å². The van der Waals surface area contributed by atoms with Gasteiger partial charge in [-0.15, -0.1) is 0 Å². The first-order chi connectivity index (χ1) is 16.9. The van der Waals surface area contributed by atoms with E-state index in [0.717, 1.165) is 29.4 Å². The summed E-state index contributed by atoms with van der Waals surface area (Å²) in [5, 5.41) is 21.6. The van der Waals surface area contributed by atoms with E-state index in [1.165, 1.54) is 12.1 Å². The van der Waals surface area contributed by atoms with E-state index >= 15 is 0 Å². The Balaban J connectivity index is 1.38. The third kappa shape index (κ3) is 6.16. The van der Waals surface area contributed by atoms with Crippen molar-refractivity contribution >= 4 is 16.9 Å². The molecule has 2 heterocycles. The Kier molecular flexibility index (Phi) is 7.96. The molecule has 7 heteroatoms. The Morgan fingerprint density at radius 3 is 2.91 bits per heavy atom. The van der Waals surface area contributed by atoms with Gasteiger partial charge in [-0.2, -0.15) is 0 Å². The monoisotopic (exact) mass is 476 g/mol. The van der Waals surface area contributed by atoms with Crippen molar-refractivity contribution < 1.29 is 24.1 Å². The van der Waals surface area contributed by atoms with Gasteiger partial charge < -0.3 is 14.9 Å². The average Bonchev–Trinajstić information content (AvgIpc) is 2.87. The number of hydrogen-bond donors (Lipinski definition) is 2. The number of pyridine rings is 1. The number of carbonyl (C=O) groups is 1. The van der Waals surface area contributed by atoms with Crippen LogP contribution in [0.5, 0.6) is 5.75 Å². The molecule has 1 saturated heterocycles. The second-order valence-corrected chi connectivity index (χ2v) is 8.92. The van der Waals surface area contributed by atoms with Crippen LogP contribution in [0.15, 0.2) is 54.7 Å². The number of piperidine rings is 1. The number of carboxylic acids is 1. The molecule has 2 aromatic carbocycles. The van der Waals surface area contributed by atoms with E-state index in [9.17, 15) is 19.4 Å². The molecule has 0 saturated carbocycles. The van der Waals surface area contributed by atoms with E-state index in [-0.39, 0.29) is 11.7 Å². The number of rotatable bonds is 7. The smallest absolute Gasteiger partial charge is 0.308 e. The van der Waals surface area contributed by atoms with Gasteiger partial charge in [0.05, 0.1) is 31.2 Å². The van der Waals surface area contributed by atoms with E-state index in [4.69, 9.17) is 4.74 Å². The minimum absolute atomic E-state index is 0.0304. The lowest BCUT2D eigenvalue weighted by molar-refractivity contribution is -0.146. The fourth-order valence-electron chi connectivity index (χ4n) is 4.75. The van der Waals surface area contributed by atoms with Crippen LogP contribution in [0.2, 0.25) is 0 Å². The summed E-state index contributed by atoms with van der Waals surface area (Å²) in [5.41, 5.74) is 2.15. The van der Waals surface area contributed by atoms with Crippen molar-refractivity contribution in [2.45, 2.75) is 25.4 Å². The lowest BCUT2D eigenvalue weighted by Crippen LogP contribution is -2.44. The molecule has 0 bridgehead atoms. The third-order valence-electron chi connectivity index (χ3n) is 6.67. The number of aliphatic hydroxyl groups excluding tert-OH is 1. The van der Waals surface area contributed by atoms with Gasteiger partial charge in [-0.1, -0.05) is 17.9 Å².